The molecule has 3 nitrogen and oxygen atoms in total. The van der Waals surface area contributed by atoms with Gasteiger partial charge in [-0.25, -0.2) is 0 Å². The molecule has 0 aliphatic heterocycles. The standard InChI is InChI=1S/C26H18N2O/c1-3-7-19(8-4-1)20-11-13-21(14-12-20)22-15-17-23(18-16-22)25-27-26(29-28-25)24-9-5-2-6-10-24/h1-18H. The van der Waals surface area contributed by atoms with Gasteiger partial charge < -0.3 is 4.52 Å². The maximum atomic E-state index is 5.41. The zero-order valence-corrected chi connectivity index (χ0v) is 15.7. The normalized spacial score (nSPS) is 10.8. The molecule has 29 heavy (non-hydrogen) atoms. The molecule has 1 aromatic heterocycles. The molecule has 0 amide bonds. The molecule has 5 rings (SSSR count). The summed E-state index contributed by atoms with van der Waals surface area (Å²) < 4.78 is 5.41. The molecule has 4 aromatic carbocycles. The first kappa shape index (κ1) is 17.1. The lowest BCUT2D eigenvalue weighted by molar-refractivity contribution is 0.432. The molecule has 0 atom stereocenters. The summed E-state index contributed by atoms with van der Waals surface area (Å²) in [6.45, 7) is 0. The minimum Gasteiger partial charge on any atom is -0.334 e. The Balaban J connectivity index is 1.37. The molecule has 0 aliphatic rings. The lowest BCUT2D eigenvalue weighted by Crippen LogP contribution is -1.83. The second-order valence-corrected chi connectivity index (χ2v) is 6.81. The highest BCUT2D eigenvalue weighted by molar-refractivity contribution is 5.72. The van der Waals surface area contributed by atoms with Gasteiger partial charge in [0.05, 0.1) is 0 Å². The Morgan fingerprint density at radius 1 is 0.414 bits per heavy atom. The molecule has 1 heterocycles. The van der Waals surface area contributed by atoms with Crippen LogP contribution in [0.2, 0.25) is 0 Å². The first-order valence-corrected chi connectivity index (χ1v) is 9.52. The molecule has 0 spiro atoms. The van der Waals surface area contributed by atoms with Crippen LogP contribution >= 0.6 is 0 Å². The zero-order valence-electron chi connectivity index (χ0n) is 15.7. The lowest BCUT2D eigenvalue weighted by Gasteiger charge is -2.05. The van der Waals surface area contributed by atoms with Crippen LogP contribution in [0.25, 0.3) is 45.1 Å². The Hall–Kier alpha value is -3.98. The molecule has 5 aromatic rings. The second-order valence-electron chi connectivity index (χ2n) is 6.81. The van der Waals surface area contributed by atoms with E-state index in [1.807, 2.05) is 48.5 Å². The zero-order chi connectivity index (χ0) is 19.5. The Labute approximate surface area is 169 Å². The van der Waals surface area contributed by atoms with Crippen LogP contribution in [0.4, 0.5) is 0 Å². The highest BCUT2D eigenvalue weighted by Gasteiger charge is 2.10. The summed E-state index contributed by atoms with van der Waals surface area (Å²) in [6, 6.07) is 37.0. The van der Waals surface area contributed by atoms with Crippen molar-refractivity contribution in [1.82, 2.24) is 10.1 Å². The molecule has 0 bridgehead atoms. The summed E-state index contributed by atoms with van der Waals surface area (Å²) in [4.78, 5) is 4.52. The molecule has 0 saturated carbocycles. The van der Waals surface area contributed by atoms with Gasteiger partial charge >= 0.3 is 0 Å². The fourth-order valence-electron chi connectivity index (χ4n) is 3.34. The third-order valence-corrected chi connectivity index (χ3v) is 4.92. The molecular weight excluding hydrogens is 356 g/mol. The summed E-state index contributed by atoms with van der Waals surface area (Å²) in [5, 5.41) is 4.12. The molecule has 0 saturated heterocycles. The Morgan fingerprint density at radius 2 is 0.828 bits per heavy atom. The predicted molar refractivity (Wildman–Crippen MR) is 116 cm³/mol. The highest BCUT2D eigenvalue weighted by Crippen LogP contribution is 2.27. The molecular formula is C26H18N2O. The molecule has 0 unspecified atom stereocenters. The quantitative estimate of drug-likeness (QED) is 0.350. The van der Waals surface area contributed by atoms with Crippen molar-refractivity contribution >= 4 is 0 Å². The fraction of sp³-hybridized carbons (Fsp3) is 0. The Kier molecular flexibility index (Phi) is 4.47. The number of rotatable bonds is 4. The van der Waals surface area contributed by atoms with Crippen molar-refractivity contribution in [3.63, 3.8) is 0 Å². The third kappa shape index (κ3) is 3.58. The van der Waals surface area contributed by atoms with Crippen molar-refractivity contribution in [3.05, 3.63) is 109 Å². The number of benzene rings is 4. The van der Waals surface area contributed by atoms with Gasteiger partial charge in [-0.3, -0.25) is 0 Å². The molecule has 0 radical (unpaired) electrons. The van der Waals surface area contributed by atoms with E-state index in [0.29, 0.717) is 11.7 Å². The van der Waals surface area contributed by atoms with Gasteiger partial charge in [-0.05, 0) is 34.4 Å². The number of hydrogen-bond donors (Lipinski definition) is 0. The number of nitrogens with zero attached hydrogens (tertiary/aromatic N) is 2. The van der Waals surface area contributed by atoms with Crippen LogP contribution in [0.1, 0.15) is 0 Å². The fourth-order valence-corrected chi connectivity index (χ4v) is 3.34. The van der Waals surface area contributed by atoms with Crippen molar-refractivity contribution < 1.29 is 4.52 Å². The van der Waals surface area contributed by atoms with Gasteiger partial charge in [0.25, 0.3) is 5.89 Å². The van der Waals surface area contributed by atoms with Gasteiger partial charge in [0.15, 0.2) is 0 Å². The summed E-state index contributed by atoms with van der Waals surface area (Å²) in [6.07, 6.45) is 0. The van der Waals surface area contributed by atoms with E-state index < -0.39 is 0 Å². The van der Waals surface area contributed by atoms with Crippen LogP contribution in [0.5, 0.6) is 0 Å². The first-order valence-electron chi connectivity index (χ1n) is 9.52. The first-order chi connectivity index (χ1) is 14.4. The summed E-state index contributed by atoms with van der Waals surface area (Å²) in [5.74, 6) is 1.12. The van der Waals surface area contributed by atoms with Gasteiger partial charge in [0.1, 0.15) is 0 Å². The van der Waals surface area contributed by atoms with E-state index in [-0.39, 0.29) is 0 Å². The minimum atomic E-state index is 0.529. The minimum absolute atomic E-state index is 0.529. The predicted octanol–water partition coefficient (Wildman–Crippen LogP) is 6.74. The van der Waals surface area contributed by atoms with Gasteiger partial charge in [-0.15, -0.1) is 0 Å². The van der Waals surface area contributed by atoms with E-state index in [4.69, 9.17) is 4.52 Å². The average Bonchev–Trinajstić information content (AvgIpc) is 3.31. The van der Waals surface area contributed by atoms with Crippen LogP contribution in [0.3, 0.4) is 0 Å². The monoisotopic (exact) mass is 374 g/mol. The lowest BCUT2D eigenvalue weighted by atomic mass is 9.99. The van der Waals surface area contributed by atoms with Crippen molar-refractivity contribution in [2.24, 2.45) is 0 Å². The van der Waals surface area contributed by atoms with Gasteiger partial charge in [0, 0.05) is 11.1 Å². The van der Waals surface area contributed by atoms with Gasteiger partial charge in [0.2, 0.25) is 5.82 Å². The topological polar surface area (TPSA) is 38.9 Å². The summed E-state index contributed by atoms with van der Waals surface area (Å²) in [7, 11) is 0. The molecule has 138 valence electrons. The van der Waals surface area contributed by atoms with E-state index in [1.54, 1.807) is 0 Å². The summed E-state index contributed by atoms with van der Waals surface area (Å²) >= 11 is 0. The van der Waals surface area contributed by atoms with Crippen molar-refractivity contribution in [1.29, 1.82) is 0 Å². The van der Waals surface area contributed by atoms with Gasteiger partial charge in [-0.1, -0.05) is 102 Å². The summed E-state index contributed by atoms with van der Waals surface area (Å²) in [5.41, 5.74) is 6.61. The third-order valence-electron chi connectivity index (χ3n) is 4.92. The van der Waals surface area contributed by atoms with E-state index >= 15 is 0 Å². The van der Waals surface area contributed by atoms with E-state index in [1.165, 1.54) is 16.7 Å². The van der Waals surface area contributed by atoms with Crippen molar-refractivity contribution in [2.75, 3.05) is 0 Å². The molecule has 3 heteroatoms. The number of aromatic nitrogens is 2. The van der Waals surface area contributed by atoms with Crippen LogP contribution in [-0.2, 0) is 0 Å². The van der Waals surface area contributed by atoms with Crippen LogP contribution in [-0.4, -0.2) is 10.1 Å². The maximum Gasteiger partial charge on any atom is 0.258 e. The largest absolute Gasteiger partial charge is 0.334 e. The molecule has 0 N–H and O–H groups in total. The SMILES string of the molecule is c1ccc(-c2ccc(-c3ccc(-c4noc(-c5ccccc5)n4)cc3)cc2)cc1. The smallest absolute Gasteiger partial charge is 0.258 e. The molecule has 0 fully saturated rings. The molecule has 0 aliphatic carbocycles. The van der Waals surface area contributed by atoms with Crippen LogP contribution in [0, 0.1) is 0 Å². The van der Waals surface area contributed by atoms with E-state index in [0.717, 1.165) is 16.7 Å². The van der Waals surface area contributed by atoms with E-state index in [9.17, 15) is 0 Å². The van der Waals surface area contributed by atoms with Crippen molar-refractivity contribution in [2.45, 2.75) is 0 Å². The number of hydrogen-bond acceptors (Lipinski definition) is 3. The van der Waals surface area contributed by atoms with Gasteiger partial charge in [-0.2, -0.15) is 4.98 Å². The van der Waals surface area contributed by atoms with Crippen LogP contribution in [0.15, 0.2) is 114 Å². The van der Waals surface area contributed by atoms with Crippen LogP contribution < -0.4 is 0 Å². The second kappa shape index (κ2) is 7.56. The van der Waals surface area contributed by atoms with Crippen molar-refractivity contribution in [3.8, 4) is 45.1 Å². The van der Waals surface area contributed by atoms with E-state index in [2.05, 4.69) is 70.8 Å². The average molecular weight is 374 g/mol. The highest BCUT2D eigenvalue weighted by atomic mass is 16.5. The Bertz CT molecular complexity index is 1210. The maximum absolute atomic E-state index is 5.41. The Morgan fingerprint density at radius 3 is 1.34 bits per heavy atom.